The van der Waals surface area contributed by atoms with E-state index >= 15 is 8.78 Å². The van der Waals surface area contributed by atoms with Crippen molar-refractivity contribution in [2.75, 3.05) is 6.61 Å². The standard InChI is InChI=1S/C32H43F5O/c1-3-5-19-38-27-18-17-25-20-26(30(33)31(34)28(25)29(27)32(35,36)37)16-11-22-9-14-24(15-10-22)23-12-7-21(6-4-2)8-13-23/h17-18,20-24H,3-16,19H2,1-2H3. The lowest BCUT2D eigenvalue weighted by Gasteiger charge is -2.38. The molecule has 6 heteroatoms. The Balaban J connectivity index is 1.41. The molecule has 2 aliphatic carbocycles. The molecule has 2 aliphatic rings. The first-order chi connectivity index (χ1) is 18.2. The highest BCUT2D eigenvalue weighted by atomic mass is 19.4. The van der Waals surface area contributed by atoms with E-state index in [0.717, 1.165) is 43.4 Å². The molecule has 4 rings (SSSR count). The zero-order chi connectivity index (χ0) is 27.3. The average Bonchev–Trinajstić information content (AvgIpc) is 2.90. The minimum Gasteiger partial charge on any atom is -0.493 e. The smallest absolute Gasteiger partial charge is 0.420 e. The van der Waals surface area contributed by atoms with E-state index in [-0.39, 0.29) is 17.6 Å². The maximum Gasteiger partial charge on any atom is 0.420 e. The molecule has 0 unspecified atom stereocenters. The highest BCUT2D eigenvalue weighted by Gasteiger charge is 2.38. The molecule has 2 aromatic rings. The zero-order valence-electron chi connectivity index (χ0n) is 22.9. The molecule has 0 bridgehead atoms. The van der Waals surface area contributed by atoms with Crippen LogP contribution in [0.15, 0.2) is 18.2 Å². The van der Waals surface area contributed by atoms with Gasteiger partial charge in [0, 0.05) is 5.39 Å². The number of fused-ring (bicyclic) bond motifs is 1. The van der Waals surface area contributed by atoms with E-state index in [1.54, 1.807) is 0 Å². The summed E-state index contributed by atoms with van der Waals surface area (Å²) < 4.78 is 77.4. The normalized spacial score (nSPS) is 24.6. The molecule has 2 fully saturated rings. The van der Waals surface area contributed by atoms with Gasteiger partial charge in [-0.1, -0.05) is 64.9 Å². The fourth-order valence-electron chi connectivity index (χ4n) is 7.03. The summed E-state index contributed by atoms with van der Waals surface area (Å²) in [5, 5.41) is -0.668. The molecule has 0 saturated heterocycles. The number of alkyl halides is 3. The SMILES string of the molecule is CCCCOc1ccc2cc(CCC3CCC(C4CCC(CCC)CC4)CC3)c(F)c(F)c2c1C(F)(F)F. The topological polar surface area (TPSA) is 9.23 Å². The van der Waals surface area contributed by atoms with Gasteiger partial charge in [-0.15, -0.1) is 0 Å². The van der Waals surface area contributed by atoms with E-state index in [1.807, 2.05) is 6.92 Å². The number of hydrogen-bond donors (Lipinski definition) is 0. The first kappa shape index (κ1) is 29.1. The summed E-state index contributed by atoms with van der Waals surface area (Å²) in [6.07, 6.45) is 10.3. The predicted molar refractivity (Wildman–Crippen MR) is 143 cm³/mol. The van der Waals surface area contributed by atoms with E-state index < -0.39 is 34.5 Å². The quantitative estimate of drug-likeness (QED) is 0.216. The summed E-state index contributed by atoms with van der Waals surface area (Å²) in [4.78, 5) is 0. The van der Waals surface area contributed by atoms with Crippen molar-refractivity contribution >= 4 is 10.8 Å². The van der Waals surface area contributed by atoms with Gasteiger partial charge in [0.1, 0.15) is 11.3 Å². The molecule has 2 aromatic carbocycles. The zero-order valence-corrected chi connectivity index (χ0v) is 22.9. The molecule has 0 spiro atoms. The molecule has 1 nitrogen and oxygen atoms in total. The summed E-state index contributed by atoms with van der Waals surface area (Å²) in [6, 6.07) is 4.05. The van der Waals surface area contributed by atoms with E-state index in [0.29, 0.717) is 18.8 Å². The molecule has 0 aliphatic heterocycles. The Bertz CT molecular complexity index is 1050. The Morgan fingerprint density at radius 2 is 1.39 bits per heavy atom. The van der Waals surface area contributed by atoms with E-state index in [9.17, 15) is 13.2 Å². The second-order valence-corrected chi connectivity index (χ2v) is 11.8. The summed E-state index contributed by atoms with van der Waals surface area (Å²) in [5.41, 5.74) is -1.06. The lowest BCUT2D eigenvalue weighted by molar-refractivity contribution is -0.137. The van der Waals surface area contributed by atoms with Crippen LogP contribution in [0.1, 0.15) is 108 Å². The molecule has 0 amide bonds. The molecule has 0 atom stereocenters. The molecule has 38 heavy (non-hydrogen) atoms. The van der Waals surface area contributed by atoms with Crippen LogP contribution < -0.4 is 4.74 Å². The van der Waals surface area contributed by atoms with Gasteiger partial charge in [-0.25, -0.2) is 8.78 Å². The van der Waals surface area contributed by atoms with Crippen molar-refractivity contribution in [2.24, 2.45) is 23.7 Å². The monoisotopic (exact) mass is 538 g/mol. The van der Waals surface area contributed by atoms with Gasteiger partial charge in [-0.3, -0.25) is 0 Å². The number of rotatable bonds is 10. The number of halogens is 5. The van der Waals surface area contributed by atoms with Crippen LogP contribution >= 0.6 is 0 Å². The first-order valence-electron chi connectivity index (χ1n) is 14.9. The number of benzene rings is 2. The second kappa shape index (κ2) is 13.0. The molecule has 2 saturated carbocycles. The number of hydrogen-bond acceptors (Lipinski definition) is 1. The van der Waals surface area contributed by atoms with Crippen molar-refractivity contribution in [1.29, 1.82) is 0 Å². The summed E-state index contributed by atoms with van der Waals surface area (Å²) >= 11 is 0. The average molecular weight is 539 g/mol. The Labute approximate surface area is 224 Å². The summed E-state index contributed by atoms with van der Waals surface area (Å²) in [7, 11) is 0. The highest BCUT2D eigenvalue weighted by Crippen LogP contribution is 2.45. The molecule has 0 aromatic heterocycles. The van der Waals surface area contributed by atoms with Crippen LogP contribution in [0.4, 0.5) is 22.0 Å². The largest absolute Gasteiger partial charge is 0.493 e. The van der Waals surface area contributed by atoms with Gasteiger partial charge in [-0.2, -0.15) is 13.2 Å². The van der Waals surface area contributed by atoms with Crippen LogP contribution in [0.3, 0.4) is 0 Å². The summed E-state index contributed by atoms with van der Waals surface area (Å²) in [5.74, 6) is -0.0226. The minimum atomic E-state index is -4.86. The van der Waals surface area contributed by atoms with E-state index in [1.165, 1.54) is 69.6 Å². The Hall–Kier alpha value is -1.85. The third-order valence-electron chi connectivity index (χ3n) is 9.23. The number of ether oxygens (including phenoxy) is 1. The first-order valence-corrected chi connectivity index (χ1v) is 14.9. The van der Waals surface area contributed by atoms with Crippen molar-refractivity contribution < 1.29 is 26.7 Å². The minimum absolute atomic E-state index is 0.0662. The highest BCUT2D eigenvalue weighted by molar-refractivity contribution is 5.89. The molecular formula is C32H43F5O. The molecule has 0 heterocycles. The predicted octanol–water partition coefficient (Wildman–Crippen LogP) is 10.7. The Morgan fingerprint density at radius 1 is 0.789 bits per heavy atom. The van der Waals surface area contributed by atoms with Gasteiger partial charge < -0.3 is 4.74 Å². The lowest BCUT2D eigenvalue weighted by atomic mass is 9.68. The van der Waals surface area contributed by atoms with Crippen molar-refractivity contribution in [1.82, 2.24) is 0 Å². The van der Waals surface area contributed by atoms with Gasteiger partial charge in [0.05, 0.1) is 6.61 Å². The number of unbranched alkanes of at least 4 members (excludes halogenated alkanes) is 1. The van der Waals surface area contributed by atoms with Crippen LogP contribution in [-0.4, -0.2) is 6.61 Å². The van der Waals surface area contributed by atoms with Gasteiger partial charge >= 0.3 is 6.18 Å². The maximum absolute atomic E-state index is 15.2. The Morgan fingerprint density at radius 3 is 1.95 bits per heavy atom. The van der Waals surface area contributed by atoms with Crippen molar-refractivity contribution in [3.05, 3.63) is 41.0 Å². The third kappa shape index (κ3) is 6.83. The van der Waals surface area contributed by atoms with Gasteiger partial charge in [0.15, 0.2) is 11.6 Å². The summed E-state index contributed by atoms with van der Waals surface area (Å²) in [6.45, 7) is 4.26. The van der Waals surface area contributed by atoms with Crippen LogP contribution in [0.2, 0.25) is 0 Å². The molecule has 212 valence electrons. The van der Waals surface area contributed by atoms with Gasteiger partial charge in [0.25, 0.3) is 0 Å². The van der Waals surface area contributed by atoms with E-state index in [2.05, 4.69) is 6.92 Å². The lowest BCUT2D eigenvalue weighted by Crippen LogP contribution is -2.26. The fourth-order valence-corrected chi connectivity index (χ4v) is 7.03. The van der Waals surface area contributed by atoms with Crippen molar-refractivity contribution in [2.45, 2.75) is 110 Å². The van der Waals surface area contributed by atoms with Crippen LogP contribution in [0.5, 0.6) is 5.75 Å². The van der Waals surface area contributed by atoms with Crippen LogP contribution in [0, 0.1) is 35.3 Å². The Kier molecular flexibility index (Phi) is 9.97. The molecule has 0 N–H and O–H groups in total. The number of aryl methyl sites for hydroxylation is 1. The van der Waals surface area contributed by atoms with Gasteiger partial charge in [-0.05, 0) is 91.7 Å². The second-order valence-electron chi connectivity index (χ2n) is 11.8. The van der Waals surface area contributed by atoms with Crippen LogP contribution in [-0.2, 0) is 12.6 Å². The third-order valence-corrected chi connectivity index (χ3v) is 9.23. The van der Waals surface area contributed by atoms with Gasteiger partial charge in [0.2, 0.25) is 0 Å². The van der Waals surface area contributed by atoms with Crippen molar-refractivity contribution in [3.8, 4) is 5.75 Å². The molecule has 0 radical (unpaired) electrons. The van der Waals surface area contributed by atoms with Crippen LogP contribution in [0.25, 0.3) is 10.8 Å². The fraction of sp³-hybridized carbons (Fsp3) is 0.688. The van der Waals surface area contributed by atoms with E-state index in [4.69, 9.17) is 4.74 Å². The van der Waals surface area contributed by atoms with Crippen molar-refractivity contribution in [3.63, 3.8) is 0 Å². The maximum atomic E-state index is 15.2. The molecular weight excluding hydrogens is 495 g/mol.